The van der Waals surface area contributed by atoms with Crippen LogP contribution in [0.4, 0.5) is 4.39 Å². The lowest BCUT2D eigenvalue weighted by Gasteiger charge is -1.99. The van der Waals surface area contributed by atoms with Gasteiger partial charge in [0.1, 0.15) is 11.7 Å². The van der Waals surface area contributed by atoms with Crippen LogP contribution in [-0.4, -0.2) is 35.9 Å². The fourth-order valence-corrected chi connectivity index (χ4v) is 2.42. The molecule has 0 spiro atoms. The molecule has 2 rings (SSSR count). The molecular weight excluding hydrogens is 269 g/mol. The molecule has 9 heteroatoms. The Labute approximate surface area is 101 Å². The van der Waals surface area contributed by atoms with Gasteiger partial charge in [-0.25, -0.2) is 13.9 Å². The van der Waals surface area contributed by atoms with Crippen molar-refractivity contribution in [1.29, 1.82) is 0 Å². The highest BCUT2D eigenvalue weighted by atomic mass is 32.2. The van der Waals surface area contributed by atoms with E-state index >= 15 is 0 Å². The van der Waals surface area contributed by atoms with Gasteiger partial charge in [-0.15, -0.1) is 0 Å². The molecule has 0 aliphatic heterocycles. The second-order valence-electron chi connectivity index (χ2n) is 3.35. The number of halogens is 1. The lowest BCUT2D eigenvalue weighted by Crippen LogP contribution is -2.07. The summed E-state index contributed by atoms with van der Waals surface area (Å²) in [4.78, 5) is 4.64. The number of fused-ring (bicyclic) bond motifs is 1. The van der Waals surface area contributed by atoms with E-state index in [1.165, 1.54) is 4.52 Å². The second kappa shape index (κ2) is 4.67. The minimum Gasteiger partial charge on any atom is -0.270 e. The molecule has 0 fully saturated rings. The van der Waals surface area contributed by atoms with Gasteiger partial charge in [0.15, 0.2) is 0 Å². The molecule has 0 atom stereocenters. The van der Waals surface area contributed by atoms with Crippen LogP contribution in [0.5, 0.6) is 0 Å². The van der Waals surface area contributed by atoms with Gasteiger partial charge in [0.2, 0.25) is 4.96 Å². The SMILES string of the molecule is CS(=O)(=O)OCCc1cnc2sc(CF)nn12. The van der Waals surface area contributed by atoms with Gasteiger partial charge in [0.25, 0.3) is 10.1 Å². The molecule has 0 saturated carbocycles. The van der Waals surface area contributed by atoms with E-state index in [2.05, 4.69) is 14.3 Å². The molecule has 6 nitrogen and oxygen atoms in total. The summed E-state index contributed by atoms with van der Waals surface area (Å²) in [5.41, 5.74) is 0.694. The van der Waals surface area contributed by atoms with Gasteiger partial charge < -0.3 is 0 Å². The van der Waals surface area contributed by atoms with E-state index < -0.39 is 16.8 Å². The van der Waals surface area contributed by atoms with Gasteiger partial charge in [0, 0.05) is 6.42 Å². The van der Waals surface area contributed by atoms with Crippen molar-refractivity contribution < 1.29 is 17.0 Å². The maximum Gasteiger partial charge on any atom is 0.264 e. The molecule has 0 aromatic carbocycles. The number of imidazole rings is 1. The van der Waals surface area contributed by atoms with Crippen LogP contribution in [0.3, 0.4) is 0 Å². The molecule has 0 aliphatic rings. The van der Waals surface area contributed by atoms with Crippen LogP contribution in [0.1, 0.15) is 10.7 Å². The summed E-state index contributed by atoms with van der Waals surface area (Å²) >= 11 is 1.16. The minimum absolute atomic E-state index is 0.0229. The lowest BCUT2D eigenvalue weighted by atomic mass is 10.3. The summed E-state index contributed by atoms with van der Waals surface area (Å²) in [5.74, 6) is 0. The molecule has 0 aliphatic carbocycles. The van der Waals surface area contributed by atoms with Crippen molar-refractivity contribution in [2.45, 2.75) is 13.1 Å². The van der Waals surface area contributed by atoms with E-state index in [0.717, 1.165) is 17.6 Å². The number of rotatable bonds is 5. The molecule has 0 N–H and O–H groups in total. The van der Waals surface area contributed by atoms with Gasteiger partial charge >= 0.3 is 0 Å². The fourth-order valence-electron chi connectivity index (χ4n) is 1.30. The number of hydrogen-bond acceptors (Lipinski definition) is 6. The van der Waals surface area contributed by atoms with Crippen molar-refractivity contribution in [1.82, 2.24) is 14.6 Å². The Morgan fingerprint density at radius 1 is 1.59 bits per heavy atom. The molecule has 2 aromatic heterocycles. The van der Waals surface area contributed by atoms with Crippen LogP contribution in [0.25, 0.3) is 4.96 Å². The van der Waals surface area contributed by atoms with Crippen molar-refractivity contribution in [3.63, 3.8) is 0 Å². The Hall–Kier alpha value is -1.06. The normalized spacial score (nSPS) is 12.4. The van der Waals surface area contributed by atoms with E-state index in [9.17, 15) is 12.8 Å². The van der Waals surface area contributed by atoms with Crippen molar-refractivity contribution in [3.8, 4) is 0 Å². The van der Waals surface area contributed by atoms with Crippen LogP contribution in [0.2, 0.25) is 0 Å². The molecule has 2 aromatic rings. The monoisotopic (exact) mass is 279 g/mol. The summed E-state index contributed by atoms with van der Waals surface area (Å²) in [6, 6.07) is 0. The maximum absolute atomic E-state index is 12.4. The maximum atomic E-state index is 12.4. The van der Waals surface area contributed by atoms with Crippen molar-refractivity contribution in [2.24, 2.45) is 0 Å². The van der Waals surface area contributed by atoms with E-state index in [4.69, 9.17) is 0 Å². The molecule has 0 saturated heterocycles. The Kier molecular flexibility index (Phi) is 3.40. The number of alkyl halides is 1. The highest BCUT2D eigenvalue weighted by Crippen LogP contribution is 2.16. The smallest absolute Gasteiger partial charge is 0.264 e. The number of hydrogen-bond donors (Lipinski definition) is 0. The van der Waals surface area contributed by atoms with Gasteiger partial charge in [-0.05, 0) is 0 Å². The van der Waals surface area contributed by atoms with Crippen molar-refractivity contribution >= 4 is 26.4 Å². The zero-order valence-corrected chi connectivity index (χ0v) is 10.6. The first-order valence-corrected chi connectivity index (χ1v) is 7.35. The average Bonchev–Trinajstić information content (AvgIpc) is 2.77. The van der Waals surface area contributed by atoms with Crippen LogP contribution < -0.4 is 0 Å². The largest absolute Gasteiger partial charge is 0.270 e. The molecule has 2 heterocycles. The molecule has 0 bridgehead atoms. The van der Waals surface area contributed by atoms with E-state index in [0.29, 0.717) is 22.1 Å². The first-order valence-electron chi connectivity index (χ1n) is 4.72. The Morgan fingerprint density at radius 2 is 2.35 bits per heavy atom. The van der Waals surface area contributed by atoms with Gasteiger partial charge in [-0.1, -0.05) is 11.3 Å². The summed E-state index contributed by atoms with van der Waals surface area (Å²) in [6.07, 6.45) is 2.92. The Balaban J connectivity index is 2.10. The number of nitrogens with zero attached hydrogens (tertiary/aromatic N) is 3. The van der Waals surface area contributed by atoms with Gasteiger partial charge in [-0.2, -0.15) is 13.5 Å². The third-order valence-electron chi connectivity index (χ3n) is 1.97. The average molecular weight is 279 g/mol. The second-order valence-corrected chi connectivity index (χ2v) is 6.03. The Morgan fingerprint density at radius 3 is 3.00 bits per heavy atom. The third-order valence-corrected chi connectivity index (χ3v) is 3.45. The molecular formula is C8H10FN3O3S2. The standard InChI is InChI=1S/C8H10FN3O3S2/c1-17(13,14)15-3-2-6-5-10-8-12(6)11-7(4-9)16-8/h5H,2-4H2,1H3. The zero-order valence-electron chi connectivity index (χ0n) is 8.96. The summed E-state index contributed by atoms with van der Waals surface area (Å²) < 4.78 is 40.0. The highest BCUT2D eigenvalue weighted by molar-refractivity contribution is 7.85. The zero-order chi connectivity index (χ0) is 12.5. The van der Waals surface area contributed by atoms with Gasteiger partial charge in [-0.3, -0.25) is 4.18 Å². The van der Waals surface area contributed by atoms with Crippen LogP contribution >= 0.6 is 11.3 Å². The predicted molar refractivity (Wildman–Crippen MR) is 60.2 cm³/mol. The van der Waals surface area contributed by atoms with Crippen molar-refractivity contribution in [2.75, 3.05) is 12.9 Å². The first-order chi connectivity index (χ1) is 7.99. The lowest BCUT2D eigenvalue weighted by molar-refractivity contribution is 0.324. The summed E-state index contributed by atoms with van der Waals surface area (Å²) in [7, 11) is -3.44. The first kappa shape index (κ1) is 12.4. The van der Waals surface area contributed by atoms with Crippen LogP contribution in [0.15, 0.2) is 6.20 Å². The summed E-state index contributed by atoms with van der Waals surface area (Å²) in [5, 5.41) is 4.34. The number of aromatic nitrogens is 3. The topological polar surface area (TPSA) is 73.6 Å². The molecule has 0 unspecified atom stereocenters. The van der Waals surface area contributed by atoms with E-state index in [1.54, 1.807) is 6.20 Å². The Bertz CT molecular complexity index is 619. The summed E-state index contributed by atoms with van der Waals surface area (Å²) in [6.45, 7) is -0.609. The minimum atomic E-state index is -3.44. The third kappa shape index (κ3) is 2.99. The van der Waals surface area contributed by atoms with E-state index in [-0.39, 0.29) is 6.61 Å². The molecule has 0 amide bonds. The molecule has 0 radical (unpaired) electrons. The van der Waals surface area contributed by atoms with E-state index in [1.807, 2.05) is 0 Å². The van der Waals surface area contributed by atoms with Gasteiger partial charge in [0.05, 0.1) is 24.8 Å². The van der Waals surface area contributed by atoms with Crippen LogP contribution in [0, 0.1) is 0 Å². The highest BCUT2D eigenvalue weighted by Gasteiger charge is 2.10. The molecule has 94 valence electrons. The van der Waals surface area contributed by atoms with Crippen molar-refractivity contribution in [3.05, 3.63) is 16.9 Å². The predicted octanol–water partition coefficient (Wildman–Crippen LogP) is 0.779. The fraction of sp³-hybridized carbons (Fsp3) is 0.500. The molecule has 17 heavy (non-hydrogen) atoms. The quantitative estimate of drug-likeness (QED) is 0.756. The van der Waals surface area contributed by atoms with Crippen LogP contribution in [-0.2, 0) is 27.4 Å².